The minimum Gasteiger partial charge on any atom is -0.383 e. The number of anilines is 2. The molecule has 2 rings (SSSR count). The largest absolute Gasteiger partial charge is 0.383 e. The average Bonchev–Trinajstić information content (AvgIpc) is 2.77. The van der Waals surface area contributed by atoms with Gasteiger partial charge in [0.1, 0.15) is 0 Å². The molecule has 0 aromatic heterocycles. The molecule has 33 heavy (non-hydrogen) atoms. The molecule has 2 aromatic rings. The number of methoxy groups -OCH3 is 1. The first-order valence-electron chi connectivity index (χ1n) is 11.4. The Morgan fingerprint density at radius 3 is 2.36 bits per heavy atom. The van der Waals surface area contributed by atoms with Crippen LogP contribution in [0.3, 0.4) is 0 Å². The molecule has 1 atom stereocenters. The lowest BCUT2D eigenvalue weighted by Crippen LogP contribution is -2.37. The zero-order chi connectivity index (χ0) is 24.4. The minimum absolute atomic E-state index is 0.0300. The molecule has 0 aliphatic rings. The molecular weight excluding hydrogens is 438 g/mol. The van der Waals surface area contributed by atoms with Gasteiger partial charge in [0.15, 0.2) is 0 Å². The Morgan fingerprint density at radius 2 is 1.79 bits per heavy atom. The van der Waals surface area contributed by atoms with Crippen LogP contribution in [0, 0.1) is 0 Å². The number of benzene rings is 2. The van der Waals surface area contributed by atoms with Crippen LogP contribution in [0.2, 0.25) is 0 Å². The van der Waals surface area contributed by atoms with Crippen LogP contribution in [0.15, 0.2) is 48.5 Å². The summed E-state index contributed by atoms with van der Waals surface area (Å²) < 4.78 is 32.5. The van der Waals surface area contributed by atoms with Crippen LogP contribution in [0.1, 0.15) is 43.7 Å². The summed E-state index contributed by atoms with van der Waals surface area (Å²) in [5.41, 5.74) is 3.28. The van der Waals surface area contributed by atoms with Crippen LogP contribution in [-0.4, -0.2) is 59.3 Å². The van der Waals surface area contributed by atoms with Gasteiger partial charge in [-0.1, -0.05) is 44.2 Å². The maximum atomic E-state index is 13.6. The fraction of sp³-hybridized carbons (Fsp3) is 0.480. The van der Waals surface area contributed by atoms with Crippen molar-refractivity contribution in [2.24, 2.45) is 0 Å². The number of nitrogens with zero attached hydrogens (tertiary/aromatic N) is 2. The maximum Gasteiger partial charge on any atom is 0.232 e. The van der Waals surface area contributed by atoms with E-state index in [9.17, 15) is 13.2 Å². The average molecular weight is 476 g/mol. The number of nitrogens with one attached hydrogen (secondary N) is 1. The van der Waals surface area contributed by atoms with Gasteiger partial charge in [0.05, 0.1) is 18.3 Å². The van der Waals surface area contributed by atoms with Crippen molar-refractivity contribution < 1.29 is 17.9 Å². The van der Waals surface area contributed by atoms with Crippen LogP contribution in [0.5, 0.6) is 0 Å². The quantitative estimate of drug-likeness (QED) is 0.472. The number of rotatable bonds is 13. The highest BCUT2D eigenvalue weighted by Crippen LogP contribution is 2.28. The van der Waals surface area contributed by atoms with E-state index in [0.717, 1.165) is 16.8 Å². The van der Waals surface area contributed by atoms with Gasteiger partial charge in [-0.15, -0.1) is 0 Å². The monoisotopic (exact) mass is 475 g/mol. The first-order chi connectivity index (χ1) is 15.7. The zero-order valence-corrected chi connectivity index (χ0v) is 21.2. The van der Waals surface area contributed by atoms with Gasteiger partial charge < -0.3 is 14.5 Å². The molecule has 2 aromatic carbocycles. The van der Waals surface area contributed by atoms with Crippen molar-refractivity contribution in [3.63, 3.8) is 0 Å². The molecule has 7 nitrogen and oxygen atoms in total. The topological polar surface area (TPSA) is 79.0 Å². The van der Waals surface area contributed by atoms with Crippen LogP contribution >= 0.6 is 0 Å². The molecule has 0 saturated heterocycles. The van der Waals surface area contributed by atoms with E-state index in [1.165, 1.54) is 0 Å². The Balaban J connectivity index is 2.39. The van der Waals surface area contributed by atoms with Gasteiger partial charge in [0.25, 0.3) is 0 Å². The molecule has 0 saturated carbocycles. The van der Waals surface area contributed by atoms with E-state index in [4.69, 9.17) is 4.74 Å². The van der Waals surface area contributed by atoms with E-state index >= 15 is 0 Å². The van der Waals surface area contributed by atoms with E-state index in [0.29, 0.717) is 38.2 Å². The van der Waals surface area contributed by atoms with Crippen LogP contribution < -0.4 is 9.62 Å². The second-order valence-corrected chi connectivity index (χ2v) is 10.1. The number of carbonyl (C=O) groups is 1. The molecule has 0 bridgehead atoms. The van der Waals surface area contributed by atoms with Crippen molar-refractivity contribution in [3.8, 4) is 0 Å². The standard InChI is InChI=1S/C25H37N3O4S/c1-6-17-33(30,31)26-22-13-14-24(27(3)4)21(18-22)19-28(15-16-32-5)25(29)23(7-2)20-11-9-8-10-12-20/h8-14,18,23,26H,6-7,15-17,19H2,1-5H3. The first-order valence-corrected chi connectivity index (χ1v) is 13.0. The predicted molar refractivity (Wildman–Crippen MR) is 135 cm³/mol. The van der Waals surface area contributed by atoms with E-state index in [2.05, 4.69) is 4.72 Å². The summed E-state index contributed by atoms with van der Waals surface area (Å²) in [6.45, 7) is 5.05. The number of sulfonamides is 1. The lowest BCUT2D eigenvalue weighted by molar-refractivity contribution is -0.134. The smallest absolute Gasteiger partial charge is 0.232 e. The normalized spacial score (nSPS) is 12.3. The molecule has 1 unspecified atom stereocenters. The van der Waals surface area contributed by atoms with E-state index in [1.54, 1.807) is 18.1 Å². The fourth-order valence-corrected chi connectivity index (χ4v) is 4.97. The Kier molecular flexibility index (Phi) is 10.2. The Morgan fingerprint density at radius 1 is 1.09 bits per heavy atom. The molecule has 0 radical (unpaired) electrons. The van der Waals surface area contributed by atoms with Crippen LogP contribution in [0.25, 0.3) is 0 Å². The third kappa shape index (κ3) is 7.75. The molecule has 182 valence electrons. The Bertz CT molecular complexity index is 994. The van der Waals surface area contributed by atoms with Crippen LogP contribution in [0.4, 0.5) is 11.4 Å². The molecule has 0 spiro atoms. The molecule has 1 N–H and O–H groups in total. The number of ether oxygens (including phenoxy) is 1. The highest BCUT2D eigenvalue weighted by molar-refractivity contribution is 7.92. The number of hydrogen-bond donors (Lipinski definition) is 1. The van der Waals surface area contributed by atoms with Crippen molar-refractivity contribution in [2.75, 3.05) is 49.7 Å². The summed E-state index contributed by atoms with van der Waals surface area (Å²) in [5, 5.41) is 0. The van der Waals surface area contributed by atoms with E-state index in [-0.39, 0.29) is 17.6 Å². The van der Waals surface area contributed by atoms with Gasteiger partial charge in [-0.05, 0) is 42.2 Å². The van der Waals surface area contributed by atoms with Crippen LogP contribution in [-0.2, 0) is 26.1 Å². The Hall–Kier alpha value is -2.58. The van der Waals surface area contributed by atoms with Crippen molar-refractivity contribution in [3.05, 3.63) is 59.7 Å². The van der Waals surface area contributed by atoms with Gasteiger partial charge in [-0.25, -0.2) is 8.42 Å². The SMILES string of the molecule is CCCS(=O)(=O)Nc1ccc(N(C)C)c(CN(CCOC)C(=O)C(CC)c2ccccc2)c1. The summed E-state index contributed by atoms with van der Waals surface area (Å²) in [7, 11) is 2.07. The highest BCUT2D eigenvalue weighted by atomic mass is 32.2. The Labute approximate surface area is 198 Å². The summed E-state index contributed by atoms with van der Waals surface area (Å²) in [4.78, 5) is 17.4. The summed E-state index contributed by atoms with van der Waals surface area (Å²) in [5.74, 6) is -0.162. The van der Waals surface area contributed by atoms with Crippen molar-refractivity contribution in [1.82, 2.24) is 4.90 Å². The van der Waals surface area contributed by atoms with Gasteiger partial charge >= 0.3 is 0 Å². The molecule has 0 aliphatic heterocycles. The third-order valence-electron chi connectivity index (χ3n) is 5.45. The number of hydrogen-bond acceptors (Lipinski definition) is 5. The van der Waals surface area contributed by atoms with Gasteiger partial charge in [-0.2, -0.15) is 0 Å². The lowest BCUT2D eigenvalue weighted by atomic mass is 9.94. The first kappa shape index (κ1) is 26.7. The minimum atomic E-state index is -3.41. The van der Waals surface area contributed by atoms with Gasteiger partial charge in [-0.3, -0.25) is 9.52 Å². The van der Waals surface area contributed by atoms with Gasteiger partial charge in [0.2, 0.25) is 15.9 Å². The van der Waals surface area contributed by atoms with Crippen molar-refractivity contribution in [2.45, 2.75) is 39.2 Å². The number of carbonyl (C=O) groups excluding carboxylic acids is 1. The predicted octanol–water partition coefficient (Wildman–Crippen LogP) is 4.07. The second kappa shape index (κ2) is 12.6. The highest BCUT2D eigenvalue weighted by Gasteiger charge is 2.25. The molecular formula is C25H37N3O4S. The lowest BCUT2D eigenvalue weighted by Gasteiger charge is -2.29. The van der Waals surface area contributed by atoms with Crippen molar-refractivity contribution in [1.29, 1.82) is 0 Å². The molecule has 8 heteroatoms. The van der Waals surface area contributed by atoms with Crippen molar-refractivity contribution >= 4 is 27.3 Å². The molecule has 0 heterocycles. The molecule has 0 fully saturated rings. The summed E-state index contributed by atoms with van der Waals surface area (Å²) in [6, 6.07) is 15.3. The maximum absolute atomic E-state index is 13.6. The number of amides is 1. The summed E-state index contributed by atoms with van der Waals surface area (Å²) in [6.07, 6.45) is 1.22. The fourth-order valence-electron chi connectivity index (χ4n) is 3.84. The summed E-state index contributed by atoms with van der Waals surface area (Å²) >= 11 is 0. The molecule has 0 aliphatic carbocycles. The third-order valence-corrected chi connectivity index (χ3v) is 6.95. The zero-order valence-electron chi connectivity index (χ0n) is 20.4. The van der Waals surface area contributed by atoms with E-state index < -0.39 is 10.0 Å². The second-order valence-electron chi connectivity index (χ2n) is 8.28. The van der Waals surface area contributed by atoms with Gasteiger partial charge in [0, 0.05) is 45.7 Å². The molecule has 1 amide bonds. The van der Waals surface area contributed by atoms with E-state index in [1.807, 2.05) is 75.3 Å².